The quantitative estimate of drug-likeness (QED) is 0.309. The molecule has 6 nitrogen and oxygen atoms in total. The average Bonchev–Trinajstić information content (AvgIpc) is 2.80. The van der Waals surface area contributed by atoms with Crippen LogP contribution in [0.5, 0.6) is 0 Å². The minimum Gasteiger partial charge on any atom is -0.334 e. The molecule has 166 valence electrons. The molecule has 4 rings (SSSR count). The van der Waals surface area contributed by atoms with E-state index in [0.717, 1.165) is 11.1 Å². The fraction of sp³-hybridized carbons (Fsp3) is 0.0800. The fourth-order valence-corrected chi connectivity index (χ4v) is 3.99. The number of rotatable bonds is 5. The highest BCUT2D eigenvalue weighted by Crippen LogP contribution is 2.31. The van der Waals surface area contributed by atoms with Gasteiger partial charge in [-0.05, 0) is 36.2 Å². The second-order valence-electron chi connectivity index (χ2n) is 7.36. The number of hydrogen-bond donors (Lipinski definition) is 3. The van der Waals surface area contributed by atoms with Crippen LogP contribution >= 0.6 is 23.2 Å². The predicted molar refractivity (Wildman–Crippen MR) is 133 cm³/mol. The number of fused-ring (bicyclic) bond motifs is 1. The van der Waals surface area contributed by atoms with Gasteiger partial charge in [-0.25, -0.2) is 4.79 Å². The Morgan fingerprint density at radius 1 is 0.879 bits per heavy atom. The average molecular weight is 479 g/mol. The number of anilines is 2. The number of para-hydroxylation sites is 1. The zero-order chi connectivity index (χ0) is 23.4. The number of urea groups is 1. The number of aromatic nitrogens is 1. The van der Waals surface area contributed by atoms with Crippen molar-refractivity contribution in [2.45, 2.75) is 13.5 Å². The van der Waals surface area contributed by atoms with Crippen molar-refractivity contribution in [1.82, 2.24) is 10.3 Å². The highest BCUT2D eigenvalue weighted by atomic mass is 35.5. The Balaban J connectivity index is 1.59. The number of nitrogens with zero attached hydrogens (tertiary/aromatic N) is 1. The maximum atomic E-state index is 12.9. The van der Waals surface area contributed by atoms with Gasteiger partial charge in [-0.2, -0.15) is 0 Å². The van der Waals surface area contributed by atoms with Gasteiger partial charge in [0.25, 0.3) is 5.91 Å². The molecule has 0 radical (unpaired) electrons. The van der Waals surface area contributed by atoms with Gasteiger partial charge in [0.2, 0.25) is 0 Å². The van der Waals surface area contributed by atoms with Crippen molar-refractivity contribution in [3.63, 3.8) is 0 Å². The number of hydrogen-bond acceptors (Lipinski definition) is 3. The van der Waals surface area contributed by atoms with Gasteiger partial charge in [0, 0.05) is 18.1 Å². The van der Waals surface area contributed by atoms with Crippen molar-refractivity contribution in [3.8, 4) is 0 Å². The molecular weight excluding hydrogens is 459 g/mol. The molecule has 3 aromatic carbocycles. The van der Waals surface area contributed by atoms with Crippen molar-refractivity contribution in [1.29, 1.82) is 0 Å². The summed E-state index contributed by atoms with van der Waals surface area (Å²) in [6.45, 7) is 2.25. The summed E-state index contributed by atoms with van der Waals surface area (Å²) >= 11 is 12.3. The summed E-state index contributed by atoms with van der Waals surface area (Å²) in [5.41, 5.74) is 3.57. The van der Waals surface area contributed by atoms with Gasteiger partial charge >= 0.3 is 6.03 Å². The molecule has 0 aliphatic rings. The van der Waals surface area contributed by atoms with Gasteiger partial charge < -0.3 is 16.0 Å². The van der Waals surface area contributed by atoms with E-state index in [-0.39, 0.29) is 21.6 Å². The minimum absolute atomic E-state index is 0.184. The van der Waals surface area contributed by atoms with E-state index in [9.17, 15) is 9.59 Å². The van der Waals surface area contributed by atoms with Gasteiger partial charge in [0.1, 0.15) is 0 Å². The van der Waals surface area contributed by atoms with E-state index in [1.165, 1.54) is 0 Å². The standard InChI is InChI=1S/C25H20Cl2N4O2/c1-15-13-28-23-17(22(15)31-25(33)29-14-16-7-3-2-4-8-16)9-5-12-20(23)30-24(32)21-18(26)10-6-11-19(21)27/h2-13H,14H2,1H3,(H,30,32)(H2,28,29,31,33). The van der Waals surface area contributed by atoms with Crippen molar-refractivity contribution in [2.75, 3.05) is 10.6 Å². The predicted octanol–water partition coefficient (Wildman–Crippen LogP) is 6.42. The lowest BCUT2D eigenvalue weighted by Crippen LogP contribution is -2.28. The summed E-state index contributed by atoms with van der Waals surface area (Å²) in [7, 11) is 0. The molecule has 0 spiro atoms. The summed E-state index contributed by atoms with van der Waals surface area (Å²) in [4.78, 5) is 29.9. The number of pyridine rings is 1. The third kappa shape index (κ3) is 5.08. The van der Waals surface area contributed by atoms with Gasteiger partial charge in [0.15, 0.2) is 0 Å². The Morgan fingerprint density at radius 3 is 2.30 bits per heavy atom. The lowest BCUT2D eigenvalue weighted by atomic mass is 10.1. The lowest BCUT2D eigenvalue weighted by Gasteiger charge is -2.15. The topological polar surface area (TPSA) is 83.1 Å². The van der Waals surface area contributed by atoms with E-state index >= 15 is 0 Å². The van der Waals surface area contributed by atoms with Gasteiger partial charge in [-0.1, -0.05) is 71.7 Å². The highest BCUT2D eigenvalue weighted by molar-refractivity contribution is 6.40. The van der Waals surface area contributed by atoms with Crippen molar-refractivity contribution < 1.29 is 9.59 Å². The molecule has 0 saturated heterocycles. The van der Waals surface area contributed by atoms with E-state index in [4.69, 9.17) is 23.2 Å². The number of carbonyl (C=O) groups excluding carboxylic acids is 2. The Morgan fingerprint density at radius 2 is 1.58 bits per heavy atom. The van der Waals surface area contributed by atoms with Crippen molar-refractivity contribution >= 4 is 57.4 Å². The zero-order valence-electron chi connectivity index (χ0n) is 17.7. The third-order valence-electron chi connectivity index (χ3n) is 5.06. The fourth-order valence-electron chi connectivity index (χ4n) is 3.42. The zero-order valence-corrected chi connectivity index (χ0v) is 19.2. The number of benzene rings is 3. The number of carbonyl (C=O) groups is 2. The monoisotopic (exact) mass is 478 g/mol. The van der Waals surface area contributed by atoms with Crippen LogP contribution in [0.15, 0.2) is 72.9 Å². The second-order valence-corrected chi connectivity index (χ2v) is 8.18. The van der Waals surface area contributed by atoms with E-state index in [1.807, 2.05) is 43.3 Å². The number of aryl methyl sites for hydroxylation is 1. The van der Waals surface area contributed by atoms with E-state index in [1.54, 1.807) is 36.5 Å². The Bertz CT molecular complexity index is 1320. The first-order chi connectivity index (χ1) is 15.9. The molecule has 1 aromatic heterocycles. The summed E-state index contributed by atoms with van der Waals surface area (Å²) in [5, 5.41) is 9.78. The maximum Gasteiger partial charge on any atom is 0.319 e. The smallest absolute Gasteiger partial charge is 0.319 e. The van der Waals surface area contributed by atoms with Crippen LogP contribution in [-0.4, -0.2) is 16.9 Å². The Labute approximate surface area is 200 Å². The second kappa shape index (κ2) is 9.90. The van der Waals surface area contributed by atoms with Crippen LogP contribution in [0.1, 0.15) is 21.5 Å². The normalized spacial score (nSPS) is 10.6. The summed E-state index contributed by atoms with van der Waals surface area (Å²) < 4.78 is 0. The number of amides is 3. The van der Waals surface area contributed by atoms with Crippen LogP contribution in [0, 0.1) is 6.92 Å². The van der Waals surface area contributed by atoms with Gasteiger partial charge in [0.05, 0.1) is 32.5 Å². The molecule has 33 heavy (non-hydrogen) atoms. The van der Waals surface area contributed by atoms with Crippen LogP contribution in [0.2, 0.25) is 10.0 Å². The van der Waals surface area contributed by atoms with Crippen LogP contribution in [0.4, 0.5) is 16.2 Å². The molecular formula is C25H20Cl2N4O2. The molecule has 0 atom stereocenters. The maximum absolute atomic E-state index is 12.9. The summed E-state index contributed by atoms with van der Waals surface area (Å²) in [6, 6.07) is 19.5. The van der Waals surface area contributed by atoms with Crippen LogP contribution in [0.25, 0.3) is 10.9 Å². The molecule has 3 amide bonds. The molecule has 0 fully saturated rings. The molecule has 1 heterocycles. The van der Waals surface area contributed by atoms with Crippen molar-refractivity contribution in [3.05, 3.63) is 99.7 Å². The first-order valence-corrected chi connectivity index (χ1v) is 10.9. The van der Waals surface area contributed by atoms with Crippen LogP contribution < -0.4 is 16.0 Å². The van der Waals surface area contributed by atoms with E-state index in [2.05, 4.69) is 20.9 Å². The van der Waals surface area contributed by atoms with Gasteiger partial charge in [-0.3, -0.25) is 9.78 Å². The van der Waals surface area contributed by atoms with E-state index < -0.39 is 5.91 Å². The molecule has 3 N–H and O–H groups in total. The Hall–Kier alpha value is -3.61. The minimum atomic E-state index is -0.449. The highest BCUT2D eigenvalue weighted by Gasteiger charge is 2.17. The molecule has 8 heteroatoms. The molecule has 0 aliphatic heterocycles. The first-order valence-electron chi connectivity index (χ1n) is 10.2. The van der Waals surface area contributed by atoms with Crippen LogP contribution in [0.3, 0.4) is 0 Å². The van der Waals surface area contributed by atoms with Crippen molar-refractivity contribution in [2.24, 2.45) is 0 Å². The first kappa shape index (κ1) is 22.6. The molecule has 0 saturated carbocycles. The third-order valence-corrected chi connectivity index (χ3v) is 5.69. The molecule has 0 aliphatic carbocycles. The van der Waals surface area contributed by atoms with E-state index in [0.29, 0.717) is 28.8 Å². The van der Waals surface area contributed by atoms with Crippen LogP contribution in [-0.2, 0) is 6.54 Å². The molecule has 0 bridgehead atoms. The number of halogens is 2. The Kier molecular flexibility index (Phi) is 6.77. The summed E-state index contributed by atoms with van der Waals surface area (Å²) in [5.74, 6) is -0.449. The summed E-state index contributed by atoms with van der Waals surface area (Å²) in [6.07, 6.45) is 1.65. The number of nitrogens with one attached hydrogen (secondary N) is 3. The molecule has 4 aromatic rings. The van der Waals surface area contributed by atoms with Gasteiger partial charge in [-0.15, -0.1) is 0 Å². The lowest BCUT2D eigenvalue weighted by molar-refractivity contribution is 0.102. The largest absolute Gasteiger partial charge is 0.334 e. The molecule has 0 unspecified atom stereocenters. The SMILES string of the molecule is Cc1cnc2c(NC(=O)c3c(Cl)cccc3Cl)cccc2c1NC(=O)NCc1ccccc1.